The fourth-order valence-corrected chi connectivity index (χ4v) is 2.55. The molecule has 2 N–H and O–H groups in total. The summed E-state index contributed by atoms with van der Waals surface area (Å²) in [5.41, 5.74) is -0.947. The van der Waals surface area contributed by atoms with E-state index >= 15 is 0 Å². The highest BCUT2D eigenvalue weighted by Crippen LogP contribution is 2.28. The smallest absolute Gasteiger partial charge is 0.433 e. The minimum Gasteiger partial charge on any atom is -0.482 e. The third-order valence-corrected chi connectivity index (χ3v) is 3.81. The second-order valence-electron chi connectivity index (χ2n) is 5.63. The second kappa shape index (κ2) is 8.42. The van der Waals surface area contributed by atoms with Gasteiger partial charge in [0.2, 0.25) is 10.0 Å². The van der Waals surface area contributed by atoms with Crippen LogP contribution in [0.2, 0.25) is 0 Å². The van der Waals surface area contributed by atoms with Gasteiger partial charge in [-0.1, -0.05) is 6.07 Å². The predicted molar refractivity (Wildman–Crippen MR) is 91.4 cm³/mol. The van der Waals surface area contributed by atoms with E-state index in [0.29, 0.717) is 5.56 Å². The number of ether oxygens (including phenoxy) is 1. The Morgan fingerprint density at radius 3 is 2.46 bits per heavy atom. The highest BCUT2D eigenvalue weighted by atomic mass is 32.2. The van der Waals surface area contributed by atoms with Gasteiger partial charge in [0.25, 0.3) is 5.91 Å². The average molecular weight is 421 g/mol. The van der Waals surface area contributed by atoms with Crippen molar-refractivity contribution in [3.8, 4) is 5.75 Å². The molecular formula is C16H15F4N3O4S. The number of aromatic nitrogens is 1. The lowest BCUT2D eigenvalue weighted by molar-refractivity contribution is -0.141. The van der Waals surface area contributed by atoms with Crippen molar-refractivity contribution in [2.45, 2.75) is 12.7 Å². The third-order valence-electron chi connectivity index (χ3n) is 3.22. The van der Waals surface area contributed by atoms with Crippen LogP contribution in [0.1, 0.15) is 11.3 Å². The zero-order valence-corrected chi connectivity index (χ0v) is 15.2. The van der Waals surface area contributed by atoms with E-state index in [2.05, 4.69) is 10.3 Å². The Labute approximate surface area is 157 Å². The number of pyridine rings is 1. The number of rotatable bonds is 7. The van der Waals surface area contributed by atoms with Crippen LogP contribution in [0.4, 0.5) is 23.2 Å². The van der Waals surface area contributed by atoms with Gasteiger partial charge < -0.3 is 10.1 Å². The van der Waals surface area contributed by atoms with Gasteiger partial charge in [0, 0.05) is 6.54 Å². The summed E-state index contributed by atoms with van der Waals surface area (Å²) in [6, 6.07) is 5.43. The monoisotopic (exact) mass is 421 g/mol. The number of alkyl halides is 3. The molecule has 1 amide bonds. The molecule has 0 aliphatic heterocycles. The number of benzene rings is 1. The molecule has 0 unspecified atom stereocenters. The average Bonchev–Trinajstić information content (AvgIpc) is 2.59. The summed E-state index contributed by atoms with van der Waals surface area (Å²) in [7, 11) is -3.63. The van der Waals surface area contributed by atoms with Crippen molar-refractivity contribution in [2.75, 3.05) is 17.6 Å². The van der Waals surface area contributed by atoms with Crippen molar-refractivity contribution in [3.63, 3.8) is 0 Å². The number of hydrogen-bond acceptors (Lipinski definition) is 5. The van der Waals surface area contributed by atoms with E-state index in [1.54, 1.807) is 0 Å². The van der Waals surface area contributed by atoms with Crippen LogP contribution >= 0.6 is 0 Å². The molecule has 12 heteroatoms. The molecule has 0 fully saturated rings. The van der Waals surface area contributed by atoms with E-state index in [0.717, 1.165) is 30.7 Å². The van der Waals surface area contributed by atoms with E-state index in [-0.39, 0.29) is 18.0 Å². The Balaban J connectivity index is 1.85. The number of hydrogen-bond donors (Lipinski definition) is 2. The lowest BCUT2D eigenvalue weighted by Crippen LogP contribution is -2.28. The first-order valence-electron chi connectivity index (χ1n) is 7.63. The molecule has 0 atom stereocenters. The van der Waals surface area contributed by atoms with Crippen molar-refractivity contribution in [2.24, 2.45) is 0 Å². The maximum absolute atomic E-state index is 13.8. The van der Waals surface area contributed by atoms with Crippen LogP contribution in [0.3, 0.4) is 0 Å². The lowest BCUT2D eigenvalue weighted by Gasteiger charge is -2.10. The summed E-state index contributed by atoms with van der Waals surface area (Å²) in [5.74, 6) is -1.44. The maximum atomic E-state index is 13.8. The van der Waals surface area contributed by atoms with Crippen molar-refractivity contribution in [1.82, 2.24) is 10.3 Å². The molecule has 1 aromatic carbocycles. The number of nitrogens with zero attached hydrogens (tertiary/aromatic N) is 1. The van der Waals surface area contributed by atoms with E-state index in [4.69, 9.17) is 4.74 Å². The number of halogens is 4. The molecule has 0 saturated carbocycles. The van der Waals surface area contributed by atoms with Gasteiger partial charge in [-0.2, -0.15) is 13.2 Å². The van der Waals surface area contributed by atoms with Crippen LogP contribution in [-0.4, -0.2) is 32.2 Å². The molecule has 0 spiro atoms. The zero-order chi connectivity index (χ0) is 20.9. The predicted octanol–water partition coefficient (Wildman–Crippen LogP) is 2.31. The summed E-state index contributed by atoms with van der Waals surface area (Å²) in [6.07, 6.45) is -2.84. The number of nitrogens with one attached hydrogen (secondary N) is 2. The zero-order valence-electron chi connectivity index (χ0n) is 14.4. The minimum absolute atomic E-state index is 0.0228. The summed E-state index contributed by atoms with van der Waals surface area (Å²) in [6.45, 7) is -0.549. The van der Waals surface area contributed by atoms with Gasteiger partial charge in [0.05, 0.1) is 18.1 Å². The molecule has 7 nitrogen and oxygen atoms in total. The minimum atomic E-state index is -4.57. The van der Waals surface area contributed by atoms with Crippen LogP contribution in [0, 0.1) is 5.82 Å². The van der Waals surface area contributed by atoms with Crippen molar-refractivity contribution in [3.05, 3.63) is 53.6 Å². The molecule has 2 aromatic rings. The van der Waals surface area contributed by atoms with Gasteiger partial charge in [-0.25, -0.2) is 17.8 Å². The molecule has 28 heavy (non-hydrogen) atoms. The van der Waals surface area contributed by atoms with Gasteiger partial charge in [0.15, 0.2) is 6.61 Å². The second-order valence-corrected chi connectivity index (χ2v) is 7.38. The molecule has 1 aromatic heterocycles. The van der Waals surface area contributed by atoms with E-state index in [9.17, 15) is 30.8 Å². The summed E-state index contributed by atoms with van der Waals surface area (Å²) in [5, 5.41) is 2.43. The Hall–Kier alpha value is -2.89. The lowest BCUT2D eigenvalue weighted by atomic mass is 10.2. The summed E-state index contributed by atoms with van der Waals surface area (Å²) < 4.78 is 80.3. The van der Waals surface area contributed by atoms with E-state index in [1.165, 1.54) is 12.1 Å². The van der Waals surface area contributed by atoms with Crippen LogP contribution in [-0.2, 0) is 27.5 Å². The number of anilines is 1. The van der Waals surface area contributed by atoms with Crippen LogP contribution in [0.15, 0.2) is 36.5 Å². The highest BCUT2D eigenvalue weighted by molar-refractivity contribution is 7.92. The van der Waals surface area contributed by atoms with Gasteiger partial charge in [-0.05, 0) is 29.8 Å². The van der Waals surface area contributed by atoms with Crippen molar-refractivity contribution in [1.29, 1.82) is 0 Å². The molecule has 0 bridgehead atoms. The van der Waals surface area contributed by atoms with Crippen LogP contribution < -0.4 is 14.8 Å². The number of amides is 1. The normalized spacial score (nSPS) is 11.8. The fourth-order valence-electron chi connectivity index (χ4n) is 1.98. The largest absolute Gasteiger partial charge is 0.482 e. The number of carbonyl (C=O) groups is 1. The molecular weight excluding hydrogens is 406 g/mol. The van der Waals surface area contributed by atoms with Crippen molar-refractivity contribution >= 4 is 21.6 Å². The van der Waals surface area contributed by atoms with Crippen molar-refractivity contribution < 1.29 is 35.5 Å². The van der Waals surface area contributed by atoms with Crippen LogP contribution in [0.25, 0.3) is 0 Å². The first kappa shape index (κ1) is 21.4. The molecule has 0 aliphatic carbocycles. The first-order chi connectivity index (χ1) is 12.9. The molecule has 1 heterocycles. The van der Waals surface area contributed by atoms with Gasteiger partial charge in [-0.15, -0.1) is 0 Å². The van der Waals surface area contributed by atoms with Gasteiger partial charge >= 0.3 is 6.18 Å². The molecule has 0 radical (unpaired) electrons. The fraction of sp³-hybridized carbons (Fsp3) is 0.250. The Kier molecular flexibility index (Phi) is 6.44. The molecule has 0 aliphatic rings. The third kappa shape index (κ3) is 6.68. The SMILES string of the molecule is CS(=O)(=O)Nc1ccc(CNC(=O)COc2ccc(C(F)(F)F)nc2)cc1F. The summed E-state index contributed by atoms with van der Waals surface area (Å²) in [4.78, 5) is 14.9. The molecule has 152 valence electrons. The highest BCUT2D eigenvalue weighted by Gasteiger charge is 2.32. The van der Waals surface area contributed by atoms with Gasteiger partial charge in [0.1, 0.15) is 17.3 Å². The van der Waals surface area contributed by atoms with E-state index in [1.807, 2.05) is 4.72 Å². The van der Waals surface area contributed by atoms with Crippen LogP contribution in [0.5, 0.6) is 5.75 Å². The standard InChI is InChI=1S/C16H15F4N3O4S/c1-28(25,26)23-13-4-2-10(6-12(13)17)7-22-15(24)9-27-11-3-5-14(21-8-11)16(18,19)20/h2-6,8,23H,7,9H2,1H3,(H,22,24). The Morgan fingerprint density at radius 1 is 1.21 bits per heavy atom. The molecule has 2 rings (SSSR count). The van der Waals surface area contributed by atoms with Gasteiger partial charge in [-0.3, -0.25) is 9.52 Å². The Morgan fingerprint density at radius 2 is 1.93 bits per heavy atom. The Bertz CT molecular complexity index is 947. The summed E-state index contributed by atoms with van der Waals surface area (Å²) >= 11 is 0. The van der Waals surface area contributed by atoms with E-state index < -0.39 is 40.2 Å². The quantitative estimate of drug-likeness (QED) is 0.669. The maximum Gasteiger partial charge on any atom is 0.433 e. The number of sulfonamides is 1. The topological polar surface area (TPSA) is 97.4 Å². The first-order valence-corrected chi connectivity index (χ1v) is 9.52. The molecule has 0 saturated heterocycles. The number of carbonyl (C=O) groups excluding carboxylic acids is 1.